The summed E-state index contributed by atoms with van der Waals surface area (Å²) in [6.07, 6.45) is 6.38. The molecule has 2 amide bonds. The van der Waals surface area contributed by atoms with E-state index in [-0.39, 0.29) is 17.6 Å². The molecule has 1 aromatic rings. The van der Waals surface area contributed by atoms with Crippen molar-refractivity contribution >= 4 is 6.03 Å². The summed E-state index contributed by atoms with van der Waals surface area (Å²) < 4.78 is 11.1. The molecule has 1 aromatic carbocycles. The summed E-state index contributed by atoms with van der Waals surface area (Å²) in [5.41, 5.74) is 0.725. The third-order valence-electron chi connectivity index (χ3n) is 5.43. The minimum absolute atomic E-state index is 0.00513. The number of hydrogen-bond donors (Lipinski definition) is 1. The van der Waals surface area contributed by atoms with Crippen LogP contribution in [0.25, 0.3) is 0 Å². The lowest BCUT2D eigenvalue weighted by molar-refractivity contribution is -0.0656. The lowest BCUT2D eigenvalue weighted by Crippen LogP contribution is -2.59. The number of carbonyl (C=O) groups is 1. The quantitative estimate of drug-likeness (QED) is 0.744. The second-order valence-corrected chi connectivity index (χ2v) is 8.16. The zero-order valence-electron chi connectivity index (χ0n) is 16.3. The lowest BCUT2D eigenvalue weighted by Gasteiger charge is -2.47. The number of morpholine rings is 1. The maximum absolute atomic E-state index is 13.0. The van der Waals surface area contributed by atoms with Crippen molar-refractivity contribution in [2.24, 2.45) is 5.92 Å². The lowest BCUT2D eigenvalue weighted by atomic mass is 9.95. The Bertz CT molecular complexity index is 596. The van der Waals surface area contributed by atoms with E-state index in [9.17, 15) is 4.79 Å². The fraction of sp³-hybridized carbons (Fsp3) is 0.667. The highest BCUT2D eigenvalue weighted by molar-refractivity contribution is 5.76. The third-order valence-corrected chi connectivity index (χ3v) is 5.43. The number of carbonyl (C=O) groups excluding carboxylic acids is 1. The minimum atomic E-state index is -0.346. The van der Waals surface area contributed by atoms with Crippen LogP contribution in [0.2, 0.25) is 0 Å². The van der Waals surface area contributed by atoms with E-state index in [0.29, 0.717) is 13.2 Å². The molecule has 1 N–H and O–H groups in total. The molecule has 1 saturated carbocycles. The van der Waals surface area contributed by atoms with E-state index in [1.807, 2.05) is 29.2 Å². The Balaban J connectivity index is 1.63. The molecule has 1 aliphatic heterocycles. The van der Waals surface area contributed by atoms with Gasteiger partial charge in [-0.25, -0.2) is 4.79 Å². The van der Waals surface area contributed by atoms with Gasteiger partial charge >= 0.3 is 6.03 Å². The average molecular weight is 360 g/mol. The first-order chi connectivity index (χ1) is 12.5. The standard InChI is InChI=1S/C21H32N2O3/c1-21(2)15-26-14-19(17-9-11-18(25-3)12-10-17)23(21)20(24)22-13-5-4-6-16-7-8-16/h9-12,16,19H,4-8,13-15H2,1-3H3,(H,22,24). The molecule has 1 heterocycles. The van der Waals surface area contributed by atoms with Crippen LogP contribution < -0.4 is 10.1 Å². The number of rotatable bonds is 7. The number of urea groups is 1. The van der Waals surface area contributed by atoms with Crippen molar-refractivity contribution in [3.05, 3.63) is 29.8 Å². The van der Waals surface area contributed by atoms with E-state index >= 15 is 0 Å². The molecule has 144 valence electrons. The van der Waals surface area contributed by atoms with Crippen LogP contribution in [-0.4, -0.2) is 43.3 Å². The molecule has 0 bridgehead atoms. The zero-order valence-corrected chi connectivity index (χ0v) is 16.3. The molecule has 2 fully saturated rings. The van der Waals surface area contributed by atoms with Crippen LogP contribution in [0.15, 0.2) is 24.3 Å². The number of nitrogens with one attached hydrogen (secondary N) is 1. The summed E-state index contributed by atoms with van der Waals surface area (Å²) in [4.78, 5) is 14.9. The maximum Gasteiger partial charge on any atom is 0.318 e. The molecule has 5 heteroatoms. The van der Waals surface area contributed by atoms with E-state index in [1.54, 1.807) is 7.11 Å². The first kappa shape index (κ1) is 19.0. The molecule has 5 nitrogen and oxygen atoms in total. The van der Waals surface area contributed by atoms with Gasteiger partial charge in [-0.2, -0.15) is 0 Å². The summed E-state index contributed by atoms with van der Waals surface area (Å²) >= 11 is 0. The van der Waals surface area contributed by atoms with Crippen molar-refractivity contribution in [3.8, 4) is 5.75 Å². The van der Waals surface area contributed by atoms with E-state index in [2.05, 4.69) is 19.2 Å². The SMILES string of the molecule is COc1ccc(C2COCC(C)(C)N2C(=O)NCCCCC2CC2)cc1. The van der Waals surface area contributed by atoms with Gasteiger partial charge in [-0.15, -0.1) is 0 Å². The summed E-state index contributed by atoms with van der Waals surface area (Å²) in [5.74, 6) is 1.78. The fourth-order valence-corrected chi connectivity index (χ4v) is 3.72. The third kappa shape index (κ3) is 4.70. The van der Waals surface area contributed by atoms with Gasteiger partial charge in [0.2, 0.25) is 0 Å². The smallest absolute Gasteiger partial charge is 0.318 e. The van der Waals surface area contributed by atoms with E-state index in [0.717, 1.165) is 30.2 Å². The first-order valence-corrected chi connectivity index (χ1v) is 9.80. The van der Waals surface area contributed by atoms with Gasteiger partial charge < -0.3 is 19.7 Å². The molecule has 0 radical (unpaired) electrons. The van der Waals surface area contributed by atoms with Gasteiger partial charge in [0.15, 0.2) is 0 Å². The molecule has 26 heavy (non-hydrogen) atoms. The van der Waals surface area contributed by atoms with Crippen LogP contribution in [0.3, 0.4) is 0 Å². The van der Waals surface area contributed by atoms with Gasteiger partial charge in [0.05, 0.1) is 31.9 Å². The number of benzene rings is 1. The number of hydrogen-bond acceptors (Lipinski definition) is 3. The topological polar surface area (TPSA) is 50.8 Å². The Hall–Kier alpha value is -1.75. The van der Waals surface area contributed by atoms with Gasteiger partial charge in [-0.05, 0) is 43.9 Å². The van der Waals surface area contributed by atoms with Crippen LogP contribution in [0, 0.1) is 5.92 Å². The molecule has 1 unspecified atom stereocenters. The predicted molar refractivity (Wildman–Crippen MR) is 102 cm³/mol. The van der Waals surface area contributed by atoms with Gasteiger partial charge in [0, 0.05) is 6.54 Å². The molecule has 0 aromatic heterocycles. The Kier molecular flexibility index (Phi) is 6.07. The summed E-state index contributed by atoms with van der Waals surface area (Å²) in [5, 5.41) is 3.13. The fourth-order valence-electron chi connectivity index (χ4n) is 3.72. The number of nitrogens with zero attached hydrogens (tertiary/aromatic N) is 1. The molecule has 1 atom stereocenters. The van der Waals surface area contributed by atoms with Crippen LogP contribution in [0.4, 0.5) is 4.79 Å². The zero-order chi connectivity index (χ0) is 18.6. The number of ether oxygens (including phenoxy) is 2. The minimum Gasteiger partial charge on any atom is -0.497 e. The Morgan fingerprint density at radius 2 is 2.00 bits per heavy atom. The molecular formula is C21H32N2O3. The highest BCUT2D eigenvalue weighted by atomic mass is 16.5. The van der Waals surface area contributed by atoms with E-state index in [1.165, 1.54) is 25.7 Å². The second-order valence-electron chi connectivity index (χ2n) is 8.16. The maximum atomic E-state index is 13.0. The first-order valence-electron chi connectivity index (χ1n) is 9.80. The Morgan fingerprint density at radius 3 is 2.65 bits per heavy atom. The van der Waals surface area contributed by atoms with Gasteiger partial charge in [0.1, 0.15) is 5.75 Å². The van der Waals surface area contributed by atoms with Gasteiger partial charge in [-0.1, -0.05) is 37.8 Å². The van der Waals surface area contributed by atoms with Crippen molar-refractivity contribution < 1.29 is 14.3 Å². The number of amides is 2. The summed E-state index contributed by atoms with van der Waals surface area (Å²) in [6.45, 7) is 5.94. The van der Waals surface area contributed by atoms with Gasteiger partial charge in [0.25, 0.3) is 0 Å². The van der Waals surface area contributed by atoms with Crippen molar-refractivity contribution in [1.29, 1.82) is 0 Å². The summed E-state index contributed by atoms with van der Waals surface area (Å²) in [6, 6.07) is 7.83. The molecule has 2 aliphatic rings. The molecular weight excluding hydrogens is 328 g/mol. The van der Waals surface area contributed by atoms with Crippen LogP contribution in [-0.2, 0) is 4.74 Å². The van der Waals surface area contributed by atoms with E-state index < -0.39 is 0 Å². The molecule has 1 aliphatic carbocycles. The largest absolute Gasteiger partial charge is 0.497 e. The van der Waals surface area contributed by atoms with Crippen LogP contribution >= 0.6 is 0 Å². The molecule has 0 spiro atoms. The van der Waals surface area contributed by atoms with Crippen molar-refractivity contribution in [1.82, 2.24) is 10.2 Å². The monoisotopic (exact) mass is 360 g/mol. The highest BCUT2D eigenvalue weighted by Crippen LogP contribution is 2.35. The van der Waals surface area contributed by atoms with Crippen LogP contribution in [0.5, 0.6) is 5.75 Å². The second kappa shape index (κ2) is 8.30. The van der Waals surface area contributed by atoms with Gasteiger partial charge in [-0.3, -0.25) is 0 Å². The normalized spacial score (nSPS) is 22.1. The predicted octanol–water partition coefficient (Wildman–Crippen LogP) is 4.14. The number of methoxy groups -OCH3 is 1. The van der Waals surface area contributed by atoms with Crippen molar-refractivity contribution in [2.75, 3.05) is 26.9 Å². The van der Waals surface area contributed by atoms with E-state index in [4.69, 9.17) is 9.47 Å². The van der Waals surface area contributed by atoms with Crippen molar-refractivity contribution in [3.63, 3.8) is 0 Å². The van der Waals surface area contributed by atoms with Crippen LogP contribution in [0.1, 0.15) is 57.6 Å². The molecule has 1 saturated heterocycles. The Labute approximate surface area is 157 Å². The number of unbranched alkanes of at least 4 members (excludes halogenated alkanes) is 1. The van der Waals surface area contributed by atoms with Crippen molar-refractivity contribution in [2.45, 2.75) is 57.5 Å². The highest BCUT2D eigenvalue weighted by Gasteiger charge is 2.41. The average Bonchev–Trinajstić information content (AvgIpc) is 3.44. The summed E-state index contributed by atoms with van der Waals surface area (Å²) in [7, 11) is 1.66. The Morgan fingerprint density at radius 1 is 1.27 bits per heavy atom. The molecule has 3 rings (SSSR count).